The minimum atomic E-state index is -4.41. The predicted octanol–water partition coefficient (Wildman–Crippen LogP) is 2.95. The Bertz CT molecular complexity index is 1120. The summed E-state index contributed by atoms with van der Waals surface area (Å²) in [7, 11) is -4.41. The average molecular weight is 400 g/mol. The number of hydrogen-bond donors (Lipinski definition) is 1. The van der Waals surface area contributed by atoms with Gasteiger partial charge in [-0.05, 0) is 31.0 Å². The second-order valence-electron chi connectivity index (χ2n) is 6.69. The van der Waals surface area contributed by atoms with E-state index in [4.69, 9.17) is 0 Å². The number of ketones is 2. The Morgan fingerprint density at radius 1 is 0.893 bits per heavy atom. The van der Waals surface area contributed by atoms with Gasteiger partial charge in [0.05, 0.1) is 5.69 Å². The molecule has 2 aromatic rings. The molecule has 1 fully saturated rings. The van der Waals surface area contributed by atoms with Crippen molar-refractivity contribution in [3.8, 4) is 0 Å². The lowest BCUT2D eigenvalue weighted by molar-refractivity contribution is 0.0953. The predicted molar refractivity (Wildman–Crippen MR) is 102 cm³/mol. The van der Waals surface area contributed by atoms with Crippen LogP contribution in [0.2, 0.25) is 0 Å². The molecule has 4 rings (SSSR count). The molecular weight excluding hydrogens is 383 g/mol. The Balaban J connectivity index is 1.87. The number of anilines is 1. The van der Waals surface area contributed by atoms with Crippen molar-refractivity contribution in [3.63, 3.8) is 0 Å². The van der Waals surface area contributed by atoms with Crippen LogP contribution in [0.3, 0.4) is 0 Å². The topological polar surface area (TPSA) is 83.6 Å². The molecule has 0 bridgehead atoms. The highest BCUT2D eigenvalue weighted by molar-refractivity contribution is 7.97. The number of sulfonamides is 1. The molecule has 2 aromatic carbocycles. The minimum absolute atomic E-state index is 0.0209. The SMILES string of the molecule is O=C1C(N2CCCC2)=C(S(=O)(=O)Nc2cccc(F)c2)C(=O)c2ccccc21. The zero-order valence-corrected chi connectivity index (χ0v) is 15.6. The van der Waals surface area contributed by atoms with Crippen molar-refractivity contribution in [2.45, 2.75) is 12.8 Å². The minimum Gasteiger partial charge on any atom is -0.367 e. The molecule has 0 unspecified atom stereocenters. The van der Waals surface area contributed by atoms with Crippen LogP contribution in [0, 0.1) is 5.82 Å². The van der Waals surface area contributed by atoms with Crippen molar-refractivity contribution in [2.75, 3.05) is 17.8 Å². The monoisotopic (exact) mass is 400 g/mol. The molecule has 0 amide bonds. The maximum absolute atomic E-state index is 13.5. The van der Waals surface area contributed by atoms with E-state index in [1.807, 2.05) is 0 Å². The first-order chi connectivity index (χ1) is 13.4. The van der Waals surface area contributed by atoms with Gasteiger partial charge < -0.3 is 4.90 Å². The van der Waals surface area contributed by atoms with E-state index < -0.39 is 32.3 Å². The summed E-state index contributed by atoms with van der Waals surface area (Å²) < 4.78 is 41.9. The van der Waals surface area contributed by atoms with Crippen LogP contribution in [0.15, 0.2) is 59.1 Å². The van der Waals surface area contributed by atoms with Gasteiger partial charge in [0, 0.05) is 24.2 Å². The van der Waals surface area contributed by atoms with E-state index in [-0.39, 0.29) is 22.5 Å². The van der Waals surface area contributed by atoms with Crippen LogP contribution in [0.4, 0.5) is 10.1 Å². The lowest BCUT2D eigenvalue weighted by atomic mass is 9.92. The summed E-state index contributed by atoms with van der Waals surface area (Å²) in [5.41, 5.74) is 0.117. The van der Waals surface area contributed by atoms with Crippen molar-refractivity contribution >= 4 is 27.3 Å². The lowest BCUT2D eigenvalue weighted by Crippen LogP contribution is -2.36. The molecule has 144 valence electrons. The first-order valence-corrected chi connectivity index (χ1v) is 10.3. The molecular formula is C20H17FN2O4S. The van der Waals surface area contributed by atoms with Crippen molar-refractivity contribution < 1.29 is 22.4 Å². The van der Waals surface area contributed by atoms with Gasteiger partial charge in [-0.25, -0.2) is 12.8 Å². The molecule has 1 aliphatic carbocycles. The second-order valence-corrected chi connectivity index (χ2v) is 8.31. The molecule has 0 atom stereocenters. The normalized spacial score (nSPS) is 17.1. The third-order valence-corrected chi connectivity index (χ3v) is 6.24. The quantitative estimate of drug-likeness (QED) is 0.853. The fourth-order valence-electron chi connectivity index (χ4n) is 3.58. The number of hydrogen-bond acceptors (Lipinski definition) is 5. The molecule has 0 radical (unpaired) electrons. The fourth-order valence-corrected chi connectivity index (χ4v) is 4.94. The highest BCUT2D eigenvalue weighted by Crippen LogP contribution is 2.33. The summed E-state index contributed by atoms with van der Waals surface area (Å²) in [6.07, 6.45) is 1.61. The van der Waals surface area contributed by atoms with Gasteiger partial charge >= 0.3 is 0 Å². The van der Waals surface area contributed by atoms with Crippen molar-refractivity contribution in [1.29, 1.82) is 0 Å². The maximum atomic E-state index is 13.5. The molecule has 1 saturated heterocycles. The zero-order valence-electron chi connectivity index (χ0n) is 14.8. The first kappa shape index (κ1) is 18.4. The van der Waals surface area contributed by atoms with Crippen LogP contribution in [-0.2, 0) is 10.0 Å². The molecule has 1 N–H and O–H groups in total. The highest BCUT2D eigenvalue weighted by atomic mass is 32.2. The number of nitrogens with zero attached hydrogens (tertiary/aromatic N) is 1. The molecule has 6 nitrogen and oxygen atoms in total. The highest BCUT2D eigenvalue weighted by Gasteiger charge is 2.41. The van der Waals surface area contributed by atoms with E-state index in [1.54, 1.807) is 17.0 Å². The van der Waals surface area contributed by atoms with Gasteiger partial charge in [0.25, 0.3) is 10.0 Å². The van der Waals surface area contributed by atoms with Gasteiger partial charge in [0.15, 0.2) is 4.91 Å². The third-order valence-electron chi connectivity index (χ3n) is 4.82. The summed E-state index contributed by atoms with van der Waals surface area (Å²) in [6, 6.07) is 11.1. The Labute approximate surface area is 161 Å². The van der Waals surface area contributed by atoms with Crippen LogP contribution in [0.5, 0.6) is 0 Å². The van der Waals surface area contributed by atoms with Crippen LogP contribution < -0.4 is 4.72 Å². The molecule has 1 aliphatic heterocycles. The molecule has 0 saturated carbocycles. The summed E-state index contributed by atoms with van der Waals surface area (Å²) in [5.74, 6) is -1.84. The molecule has 1 heterocycles. The number of carbonyl (C=O) groups is 2. The molecule has 28 heavy (non-hydrogen) atoms. The first-order valence-electron chi connectivity index (χ1n) is 8.84. The number of nitrogens with one attached hydrogen (secondary N) is 1. The Kier molecular flexibility index (Phi) is 4.50. The molecule has 0 spiro atoms. The number of rotatable bonds is 4. The molecule has 2 aliphatic rings. The molecule has 8 heteroatoms. The summed E-state index contributed by atoms with van der Waals surface area (Å²) in [6.45, 7) is 0.991. The zero-order chi connectivity index (χ0) is 19.9. The van der Waals surface area contributed by atoms with Gasteiger partial charge in [-0.2, -0.15) is 0 Å². The number of benzene rings is 2. The summed E-state index contributed by atoms with van der Waals surface area (Å²) in [4.78, 5) is 27.3. The Hall–Kier alpha value is -3.00. The van der Waals surface area contributed by atoms with E-state index in [0.29, 0.717) is 13.1 Å². The Morgan fingerprint density at radius 3 is 2.18 bits per heavy atom. The van der Waals surface area contributed by atoms with Gasteiger partial charge in [-0.15, -0.1) is 0 Å². The fraction of sp³-hybridized carbons (Fsp3) is 0.200. The van der Waals surface area contributed by atoms with Gasteiger partial charge in [0.1, 0.15) is 11.5 Å². The number of halogens is 1. The van der Waals surface area contributed by atoms with Crippen LogP contribution in [0.25, 0.3) is 0 Å². The van der Waals surface area contributed by atoms with E-state index >= 15 is 0 Å². The third kappa shape index (κ3) is 3.09. The van der Waals surface area contributed by atoms with E-state index in [9.17, 15) is 22.4 Å². The van der Waals surface area contributed by atoms with Crippen LogP contribution >= 0.6 is 0 Å². The summed E-state index contributed by atoms with van der Waals surface area (Å²) in [5, 5.41) is 0. The van der Waals surface area contributed by atoms with E-state index in [0.717, 1.165) is 18.9 Å². The summed E-state index contributed by atoms with van der Waals surface area (Å²) >= 11 is 0. The van der Waals surface area contributed by atoms with E-state index in [2.05, 4.69) is 4.72 Å². The maximum Gasteiger partial charge on any atom is 0.268 e. The average Bonchev–Trinajstić information content (AvgIpc) is 3.18. The second kappa shape index (κ2) is 6.87. The number of likely N-dealkylation sites (tertiary alicyclic amines) is 1. The van der Waals surface area contributed by atoms with Crippen molar-refractivity contribution in [1.82, 2.24) is 4.90 Å². The van der Waals surface area contributed by atoms with Crippen LogP contribution in [-0.4, -0.2) is 38.0 Å². The van der Waals surface area contributed by atoms with Crippen LogP contribution in [0.1, 0.15) is 33.6 Å². The van der Waals surface area contributed by atoms with Gasteiger partial charge in [0.2, 0.25) is 11.6 Å². The largest absolute Gasteiger partial charge is 0.367 e. The van der Waals surface area contributed by atoms with Gasteiger partial charge in [-0.3, -0.25) is 14.3 Å². The lowest BCUT2D eigenvalue weighted by Gasteiger charge is -2.27. The van der Waals surface area contributed by atoms with Crippen molar-refractivity contribution in [2.24, 2.45) is 0 Å². The van der Waals surface area contributed by atoms with Crippen molar-refractivity contribution in [3.05, 3.63) is 76.1 Å². The molecule has 0 aromatic heterocycles. The van der Waals surface area contributed by atoms with E-state index in [1.165, 1.54) is 30.3 Å². The number of fused-ring (bicyclic) bond motifs is 1. The number of allylic oxidation sites excluding steroid dienone is 2. The Morgan fingerprint density at radius 2 is 1.54 bits per heavy atom. The number of carbonyl (C=O) groups excluding carboxylic acids is 2. The number of Topliss-reactive ketones (excluding diaryl/α,β-unsaturated/α-hetero) is 2. The van der Waals surface area contributed by atoms with Gasteiger partial charge in [-0.1, -0.05) is 30.3 Å². The smallest absolute Gasteiger partial charge is 0.268 e. The standard InChI is InChI=1S/C20H17FN2O4S/c21-13-6-5-7-14(12-13)22-28(26,27)20-17(23-10-3-4-11-23)18(24)15-8-1-2-9-16(15)19(20)25/h1-2,5-9,12,22H,3-4,10-11H2.